The molecular weight excluding hydrogens is 294 g/mol. The Bertz CT molecular complexity index is 820. The summed E-state index contributed by atoms with van der Waals surface area (Å²) in [5.41, 5.74) is 1.73. The first kappa shape index (κ1) is 16.4. The van der Waals surface area contributed by atoms with Crippen LogP contribution >= 0.6 is 0 Å². The molecular formula is C16H19N5O2. The predicted molar refractivity (Wildman–Crippen MR) is 88.3 cm³/mol. The van der Waals surface area contributed by atoms with Gasteiger partial charge in [-0.05, 0) is 26.0 Å². The average Bonchev–Trinajstić information content (AvgIpc) is 2.93. The van der Waals surface area contributed by atoms with E-state index in [1.54, 1.807) is 18.7 Å². The van der Waals surface area contributed by atoms with Gasteiger partial charge in [0, 0.05) is 18.1 Å². The Morgan fingerprint density at radius 3 is 2.70 bits per heavy atom. The number of aromatic nitrogens is 3. The number of aliphatic imine (C=N–C) groups is 1. The van der Waals surface area contributed by atoms with Crippen molar-refractivity contribution < 1.29 is 9.53 Å². The van der Waals surface area contributed by atoms with Crippen LogP contribution in [-0.4, -0.2) is 39.9 Å². The zero-order valence-corrected chi connectivity index (χ0v) is 13.4. The lowest BCUT2D eigenvalue weighted by molar-refractivity contribution is -0.139. The fourth-order valence-corrected chi connectivity index (χ4v) is 1.93. The molecule has 120 valence electrons. The lowest BCUT2D eigenvalue weighted by atomic mass is 10.4. The summed E-state index contributed by atoms with van der Waals surface area (Å²) < 4.78 is 6.47. The second-order valence-corrected chi connectivity index (χ2v) is 4.95. The van der Waals surface area contributed by atoms with Crippen molar-refractivity contribution in [3.05, 3.63) is 41.6 Å². The van der Waals surface area contributed by atoms with Gasteiger partial charge in [0.05, 0.1) is 18.1 Å². The van der Waals surface area contributed by atoms with Gasteiger partial charge in [-0.15, -0.1) is 0 Å². The van der Waals surface area contributed by atoms with Crippen LogP contribution in [0.15, 0.2) is 35.8 Å². The summed E-state index contributed by atoms with van der Waals surface area (Å²) in [5, 5.41) is 4.19. The highest BCUT2D eigenvalue weighted by atomic mass is 16.5. The quantitative estimate of drug-likeness (QED) is 0.620. The summed E-state index contributed by atoms with van der Waals surface area (Å²) >= 11 is 0. The van der Waals surface area contributed by atoms with Crippen molar-refractivity contribution in [3.63, 3.8) is 0 Å². The number of esters is 1. The minimum atomic E-state index is -0.384. The molecule has 0 aliphatic rings. The molecule has 2 heterocycles. The van der Waals surface area contributed by atoms with E-state index in [9.17, 15) is 4.79 Å². The molecule has 0 fully saturated rings. The third kappa shape index (κ3) is 4.03. The summed E-state index contributed by atoms with van der Waals surface area (Å²) in [6, 6.07) is 3.71. The summed E-state index contributed by atoms with van der Waals surface area (Å²) in [5.74, 6) is 0.0961. The smallest absolute Gasteiger partial charge is 0.325 e. The van der Waals surface area contributed by atoms with Crippen molar-refractivity contribution in [3.8, 4) is 5.69 Å². The van der Waals surface area contributed by atoms with Crippen LogP contribution in [0.25, 0.3) is 18.1 Å². The predicted octanol–water partition coefficient (Wildman–Crippen LogP) is -0.0133. The molecule has 0 spiro atoms. The van der Waals surface area contributed by atoms with Gasteiger partial charge in [0.25, 0.3) is 0 Å². The van der Waals surface area contributed by atoms with Crippen molar-refractivity contribution in [1.82, 2.24) is 19.9 Å². The summed E-state index contributed by atoms with van der Waals surface area (Å²) in [6.45, 7) is 7.80. The molecule has 0 atom stereocenters. The molecule has 0 unspecified atom stereocenters. The van der Waals surface area contributed by atoms with Gasteiger partial charge >= 0.3 is 5.97 Å². The van der Waals surface area contributed by atoms with Crippen LogP contribution in [0.3, 0.4) is 0 Å². The second-order valence-electron chi connectivity index (χ2n) is 4.95. The van der Waals surface area contributed by atoms with E-state index in [1.807, 2.05) is 30.5 Å². The number of methoxy groups -OCH3 is 1. The first-order valence-corrected chi connectivity index (χ1v) is 7.02. The van der Waals surface area contributed by atoms with E-state index in [0.717, 1.165) is 11.4 Å². The van der Waals surface area contributed by atoms with Gasteiger partial charge in [-0.1, -0.05) is 6.58 Å². The first-order valence-electron chi connectivity index (χ1n) is 7.02. The molecule has 0 saturated heterocycles. The molecule has 2 rings (SSSR count). The normalized spacial score (nSPS) is 11.6. The van der Waals surface area contributed by atoms with Crippen molar-refractivity contribution in [2.75, 3.05) is 13.7 Å². The molecule has 0 aliphatic heterocycles. The van der Waals surface area contributed by atoms with Crippen molar-refractivity contribution in [1.29, 1.82) is 0 Å². The zero-order valence-electron chi connectivity index (χ0n) is 13.4. The van der Waals surface area contributed by atoms with Crippen LogP contribution in [0.2, 0.25) is 0 Å². The number of ether oxygens (including phenoxy) is 1. The molecule has 1 N–H and O–H groups in total. The van der Waals surface area contributed by atoms with E-state index < -0.39 is 0 Å². The Balaban J connectivity index is 2.51. The zero-order chi connectivity index (χ0) is 16.8. The molecule has 0 bridgehead atoms. The number of pyridine rings is 1. The molecule has 0 radical (unpaired) electrons. The number of carbonyl (C=O) groups is 1. The van der Waals surface area contributed by atoms with Crippen molar-refractivity contribution in [2.45, 2.75) is 13.8 Å². The molecule has 0 aliphatic carbocycles. The van der Waals surface area contributed by atoms with E-state index in [1.165, 1.54) is 7.11 Å². The van der Waals surface area contributed by atoms with Gasteiger partial charge in [-0.25, -0.2) is 9.98 Å². The maximum atomic E-state index is 11.4. The Kier molecular flexibility index (Phi) is 5.24. The maximum Gasteiger partial charge on any atom is 0.325 e. The number of nitrogens with zero attached hydrogens (tertiary/aromatic N) is 4. The van der Waals surface area contributed by atoms with E-state index in [0.29, 0.717) is 16.5 Å². The van der Waals surface area contributed by atoms with Crippen LogP contribution < -0.4 is 16.0 Å². The largest absolute Gasteiger partial charge is 0.468 e. The molecule has 7 heteroatoms. The highest BCUT2D eigenvalue weighted by Crippen LogP contribution is 2.00. The van der Waals surface area contributed by atoms with Gasteiger partial charge in [0.2, 0.25) is 0 Å². The summed E-state index contributed by atoms with van der Waals surface area (Å²) in [7, 11) is 1.34. The van der Waals surface area contributed by atoms with Crippen LogP contribution in [0.1, 0.15) is 13.8 Å². The minimum Gasteiger partial charge on any atom is -0.468 e. The van der Waals surface area contributed by atoms with Crippen LogP contribution in [0.5, 0.6) is 0 Å². The number of carbonyl (C=O) groups excluding carboxylic acids is 1. The van der Waals surface area contributed by atoms with E-state index >= 15 is 0 Å². The number of rotatable bonds is 5. The third-order valence-corrected chi connectivity index (χ3v) is 2.99. The second kappa shape index (κ2) is 7.35. The molecule has 0 amide bonds. The fraction of sp³-hybridized carbons (Fsp3) is 0.250. The van der Waals surface area contributed by atoms with Gasteiger partial charge in [-0.2, -0.15) is 0 Å². The maximum absolute atomic E-state index is 11.4. The van der Waals surface area contributed by atoms with Crippen molar-refractivity contribution >= 4 is 24.1 Å². The van der Waals surface area contributed by atoms with Gasteiger partial charge in [0.1, 0.15) is 18.2 Å². The van der Waals surface area contributed by atoms with E-state index in [2.05, 4.69) is 31.6 Å². The Morgan fingerprint density at radius 2 is 2.09 bits per heavy atom. The molecule has 2 aromatic heterocycles. The lowest BCUT2D eigenvalue weighted by Gasteiger charge is -2.05. The highest BCUT2D eigenvalue weighted by Gasteiger charge is 2.07. The number of hydrogen-bond acceptors (Lipinski definition) is 6. The highest BCUT2D eigenvalue weighted by molar-refractivity contribution is 5.83. The van der Waals surface area contributed by atoms with E-state index in [4.69, 9.17) is 0 Å². The Labute approximate surface area is 134 Å². The number of imidazole rings is 1. The Morgan fingerprint density at radius 1 is 1.39 bits per heavy atom. The molecule has 0 aromatic carbocycles. The van der Waals surface area contributed by atoms with Crippen LogP contribution in [0, 0.1) is 0 Å². The van der Waals surface area contributed by atoms with Crippen LogP contribution in [0.4, 0.5) is 0 Å². The monoisotopic (exact) mass is 313 g/mol. The topological polar surface area (TPSA) is 81.4 Å². The van der Waals surface area contributed by atoms with Gasteiger partial charge < -0.3 is 10.1 Å². The molecule has 2 aromatic rings. The average molecular weight is 313 g/mol. The molecule has 7 nitrogen and oxygen atoms in total. The number of hydrogen-bond donors (Lipinski definition) is 1. The number of nitrogens with one attached hydrogen (secondary N) is 1. The minimum absolute atomic E-state index is 0.00414. The van der Waals surface area contributed by atoms with Gasteiger partial charge in [-0.3, -0.25) is 14.3 Å². The fourth-order valence-electron chi connectivity index (χ4n) is 1.93. The summed E-state index contributed by atoms with van der Waals surface area (Å²) in [6.07, 6.45) is 5.05. The lowest BCUT2D eigenvalue weighted by Crippen LogP contribution is -2.35. The van der Waals surface area contributed by atoms with Gasteiger partial charge in [0.15, 0.2) is 5.82 Å². The first-order chi connectivity index (χ1) is 11.0. The summed E-state index contributed by atoms with van der Waals surface area (Å²) in [4.78, 5) is 24.1. The Hall–Kier alpha value is -2.96. The standard InChI is InChI=1S/C16H19N5O2/c1-11(2)20-16(18-9-14(22)23-4)15-12(3)21(10-19-15)13-5-7-17-8-6-13/h5-8,10,18H,3,9H2,1-2,4H3/b16-15+. The van der Waals surface area contributed by atoms with E-state index in [-0.39, 0.29) is 12.5 Å². The van der Waals surface area contributed by atoms with Crippen LogP contribution in [-0.2, 0) is 9.53 Å². The van der Waals surface area contributed by atoms with Crippen molar-refractivity contribution in [2.24, 2.45) is 4.99 Å². The SMILES string of the molecule is C=c1/c(=C(\N=C(C)C)NCC(=O)OC)ncn1-c1ccncc1. The third-order valence-electron chi connectivity index (χ3n) is 2.99. The molecule has 23 heavy (non-hydrogen) atoms. The molecule has 0 saturated carbocycles.